The number of nitrogens with one attached hydrogen (secondary N) is 2. The Bertz CT molecular complexity index is 378. The van der Waals surface area contributed by atoms with Gasteiger partial charge in [-0.3, -0.25) is 9.59 Å². The molecule has 0 bridgehead atoms. The topological polar surface area (TPSA) is 82.2 Å². The Kier molecular flexibility index (Phi) is 4.72. The Morgan fingerprint density at radius 3 is 2.88 bits per heavy atom. The van der Waals surface area contributed by atoms with Crippen molar-refractivity contribution >= 4 is 5.91 Å². The second-order valence-corrected chi connectivity index (χ2v) is 3.69. The van der Waals surface area contributed by atoms with Gasteiger partial charge in [0.25, 0.3) is 5.91 Å². The maximum atomic E-state index is 11.5. The summed E-state index contributed by atoms with van der Waals surface area (Å²) in [5.74, 6) is -0.221. The first-order valence-corrected chi connectivity index (χ1v) is 5.24. The largest absolute Gasteiger partial charge is 0.393 e. The van der Waals surface area contributed by atoms with E-state index in [-0.39, 0.29) is 17.6 Å². The van der Waals surface area contributed by atoms with Gasteiger partial charge in [0.2, 0.25) is 5.56 Å². The summed E-state index contributed by atoms with van der Waals surface area (Å²) in [6.07, 6.45) is 2.43. The van der Waals surface area contributed by atoms with Crippen LogP contribution in [0.5, 0.6) is 0 Å². The van der Waals surface area contributed by atoms with Crippen LogP contribution in [-0.2, 0) is 0 Å². The summed E-state index contributed by atoms with van der Waals surface area (Å²) in [5.41, 5.74) is 0.197. The molecule has 0 aliphatic carbocycles. The number of carbonyl (C=O) groups excluding carboxylic acids is 1. The van der Waals surface area contributed by atoms with E-state index in [2.05, 4.69) is 10.3 Å². The van der Waals surface area contributed by atoms with Crippen LogP contribution in [0.2, 0.25) is 0 Å². The van der Waals surface area contributed by atoms with Gasteiger partial charge >= 0.3 is 0 Å². The van der Waals surface area contributed by atoms with Gasteiger partial charge in [0.05, 0.1) is 11.7 Å². The molecule has 1 rings (SSSR count). The number of carbonyl (C=O) groups is 1. The van der Waals surface area contributed by atoms with Gasteiger partial charge in [-0.2, -0.15) is 0 Å². The van der Waals surface area contributed by atoms with Gasteiger partial charge in [-0.1, -0.05) is 0 Å². The van der Waals surface area contributed by atoms with Crippen LogP contribution < -0.4 is 10.9 Å². The molecule has 1 amide bonds. The summed E-state index contributed by atoms with van der Waals surface area (Å²) in [4.78, 5) is 24.7. The fraction of sp³-hybridized carbons (Fsp3) is 0.455. The van der Waals surface area contributed by atoms with Gasteiger partial charge < -0.3 is 15.4 Å². The van der Waals surface area contributed by atoms with Crippen molar-refractivity contribution in [2.75, 3.05) is 6.54 Å². The molecule has 3 N–H and O–H groups in total. The summed E-state index contributed by atoms with van der Waals surface area (Å²) in [7, 11) is 0. The Labute approximate surface area is 93.5 Å². The Hall–Kier alpha value is -1.62. The zero-order chi connectivity index (χ0) is 12.0. The molecule has 0 aliphatic heterocycles. The minimum absolute atomic E-state index is 0.221. The minimum atomic E-state index is -0.343. The van der Waals surface area contributed by atoms with E-state index in [1.54, 1.807) is 6.92 Å². The second-order valence-electron chi connectivity index (χ2n) is 3.69. The first-order chi connectivity index (χ1) is 7.59. The molecule has 0 saturated carbocycles. The molecule has 5 heteroatoms. The third kappa shape index (κ3) is 4.27. The fourth-order valence-electron chi connectivity index (χ4n) is 1.25. The third-order valence-electron chi connectivity index (χ3n) is 2.13. The molecule has 1 aromatic rings. The van der Waals surface area contributed by atoms with Crippen LogP contribution in [-0.4, -0.2) is 28.6 Å². The molecular weight excluding hydrogens is 208 g/mol. The van der Waals surface area contributed by atoms with E-state index < -0.39 is 0 Å². The van der Waals surface area contributed by atoms with Crippen LogP contribution in [0.25, 0.3) is 0 Å². The number of aromatic nitrogens is 1. The van der Waals surface area contributed by atoms with Gasteiger partial charge in [0.15, 0.2) is 0 Å². The van der Waals surface area contributed by atoms with Gasteiger partial charge in [-0.15, -0.1) is 0 Å². The number of aliphatic hydroxyl groups excluding tert-OH is 1. The summed E-state index contributed by atoms with van der Waals surface area (Å²) in [5, 5.41) is 11.7. The highest BCUT2D eigenvalue weighted by molar-refractivity contribution is 5.93. The van der Waals surface area contributed by atoms with Crippen LogP contribution in [0.15, 0.2) is 23.1 Å². The molecule has 0 aliphatic rings. The van der Waals surface area contributed by atoms with Crippen molar-refractivity contribution in [2.45, 2.75) is 25.9 Å². The van der Waals surface area contributed by atoms with Crippen molar-refractivity contribution < 1.29 is 9.90 Å². The lowest BCUT2D eigenvalue weighted by Crippen LogP contribution is -2.25. The fourth-order valence-corrected chi connectivity index (χ4v) is 1.25. The van der Waals surface area contributed by atoms with Crippen LogP contribution >= 0.6 is 0 Å². The molecule has 0 saturated heterocycles. The number of pyridine rings is 1. The van der Waals surface area contributed by atoms with Gasteiger partial charge in [0, 0.05) is 18.8 Å². The van der Waals surface area contributed by atoms with E-state index in [0.29, 0.717) is 18.5 Å². The number of H-pyrrole nitrogens is 1. The minimum Gasteiger partial charge on any atom is -0.393 e. The molecule has 0 fully saturated rings. The molecule has 1 heterocycles. The predicted octanol–water partition coefficient (Wildman–Crippen LogP) is 0.266. The van der Waals surface area contributed by atoms with E-state index in [1.165, 1.54) is 18.3 Å². The molecule has 1 atom stereocenters. The zero-order valence-electron chi connectivity index (χ0n) is 9.19. The maximum Gasteiger partial charge on any atom is 0.252 e. The van der Waals surface area contributed by atoms with Gasteiger partial charge in [-0.25, -0.2) is 0 Å². The Morgan fingerprint density at radius 2 is 2.31 bits per heavy atom. The number of aliphatic hydroxyl groups is 1. The van der Waals surface area contributed by atoms with E-state index in [9.17, 15) is 9.59 Å². The molecule has 1 unspecified atom stereocenters. The van der Waals surface area contributed by atoms with Gasteiger partial charge in [-0.05, 0) is 25.8 Å². The molecule has 0 spiro atoms. The SMILES string of the molecule is CC(O)CCCNC(=O)c1ccc(=O)[nH]c1. The van der Waals surface area contributed by atoms with E-state index in [1.807, 2.05) is 0 Å². The highest BCUT2D eigenvalue weighted by atomic mass is 16.3. The van der Waals surface area contributed by atoms with Crippen LogP contribution in [0.4, 0.5) is 0 Å². The monoisotopic (exact) mass is 224 g/mol. The van der Waals surface area contributed by atoms with Crippen molar-refractivity contribution in [3.8, 4) is 0 Å². The lowest BCUT2D eigenvalue weighted by molar-refractivity contribution is 0.0949. The van der Waals surface area contributed by atoms with Crippen LogP contribution in [0.1, 0.15) is 30.1 Å². The molecule has 16 heavy (non-hydrogen) atoms. The molecule has 88 valence electrons. The van der Waals surface area contributed by atoms with Crippen molar-refractivity contribution in [1.82, 2.24) is 10.3 Å². The average Bonchev–Trinajstić information content (AvgIpc) is 2.25. The molecule has 0 radical (unpaired) electrons. The number of amides is 1. The van der Waals surface area contributed by atoms with Crippen molar-refractivity contribution in [1.29, 1.82) is 0 Å². The summed E-state index contributed by atoms with van der Waals surface area (Å²) < 4.78 is 0. The number of hydrogen-bond acceptors (Lipinski definition) is 3. The predicted molar refractivity (Wildman–Crippen MR) is 60.3 cm³/mol. The quantitative estimate of drug-likeness (QED) is 0.628. The van der Waals surface area contributed by atoms with Crippen molar-refractivity contribution in [2.24, 2.45) is 0 Å². The lowest BCUT2D eigenvalue weighted by atomic mass is 10.2. The standard InChI is InChI=1S/C11H16N2O3/c1-8(14)3-2-6-12-11(16)9-4-5-10(15)13-7-9/h4-5,7-8,14H,2-3,6H2,1H3,(H,12,16)(H,13,15). The number of rotatable bonds is 5. The average molecular weight is 224 g/mol. The second kappa shape index (κ2) is 6.07. The highest BCUT2D eigenvalue weighted by Crippen LogP contribution is 1.96. The van der Waals surface area contributed by atoms with E-state index >= 15 is 0 Å². The van der Waals surface area contributed by atoms with Crippen molar-refractivity contribution in [3.05, 3.63) is 34.2 Å². The zero-order valence-corrected chi connectivity index (χ0v) is 9.19. The smallest absolute Gasteiger partial charge is 0.252 e. The van der Waals surface area contributed by atoms with Crippen molar-refractivity contribution in [3.63, 3.8) is 0 Å². The number of aromatic amines is 1. The van der Waals surface area contributed by atoms with E-state index in [4.69, 9.17) is 5.11 Å². The summed E-state index contributed by atoms with van der Waals surface area (Å²) in [6, 6.07) is 2.79. The first-order valence-electron chi connectivity index (χ1n) is 5.24. The molecule has 1 aromatic heterocycles. The summed E-state index contributed by atoms with van der Waals surface area (Å²) >= 11 is 0. The molecule has 0 aromatic carbocycles. The van der Waals surface area contributed by atoms with Crippen LogP contribution in [0, 0.1) is 0 Å². The normalized spacial score (nSPS) is 12.1. The van der Waals surface area contributed by atoms with E-state index in [0.717, 1.165) is 6.42 Å². The lowest BCUT2D eigenvalue weighted by Gasteiger charge is -2.06. The van der Waals surface area contributed by atoms with Gasteiger partial charge in [0.1, 0.15) is 0 Å². The highest BCUT2D eigenvalue weighted by Gasteiger charge is 2.04. The summed E-state index contributed by atoms with van der Waals surface area (Å²) in [6.45, 7) is 2.23. The third-order valence-corrected chi connectivity index (χ3v) is 2.13. The first kappa shape index (κ1) is 12.4. The Morgan fingerprint density at radius 1 is 1.56 bits per heavy atom. The maximum absolute atomic E-state index is 11.5. The molecule has 5 nitrogen and oxygen atoms in total. The molecular formula is C11H16N2O3. The number of hydrogen-bond donors (Lipinski definition) is 3. The Balaban J connectivity index is 2.35. The van der Waals surface area contributed by atoms with Crippen LogP contribution in [0.3, 0.4) is 0 Å².